The van der Waals surface area contributed by atoms with Crippen LogP contribution in [0.25, 0.3) is 11.4 Å². The Kier molecular flexibility index (Phi) is 3.80. The Hall–Kier alpha value is -1.69. The fourth-order valence-electron chi connectivity index (χ4n) is 2.89. The van der Waals surface area contributed by atoms with Crippen LogP contribution in [0.2, 0.25) is 0 Å². The molecule has 110 valence electrons. The van der Waals surface area contributed by atoms with Crippen LogP contribution in [0.5, 0.6) is 0 Å². The molecule has 2 aromatic rings. The minimum absolute atomic E-state index is 0.305. The molecule has 1 heterocycles. The van der Waals surface area contributed by atoms with Crippen molar-refractivity contribution in [1.29, 1.82) is 0 Å². The minimum atomic E-state index is -0.763. The first kappa shape index (κ1) is 14.3. The second-order valence-electron chi connectivity index (χ2n) is 5.46. The summed E-state index contributed by atoms with van der Waals surface area (Å²) in [5, 5.41) is 13.5. The Labute approximate surface area is 130 Å². The van der Waals surface area contributed by atoms with E-state index < -0.39 is 11.4 Å². The van der Waals surface area contributed by atoms with Gasteiger partial charge < -0.3 is 9.63 Å². The molecule has 0 amide bonds. The monoisotopic (exact) mass is 350 g/mol. The number of halogens is 1. The maximum absolute atomic E-state index is 11.6. The summed E-state index contributed by atoms with van der Waals surface area (Å²) in [5.74, 6) is 0.113. The maximum atomic E-state index is 11.6. The van der Waals surface area contributed by atoms with Gasteiger partial charge in [0, 0.05) is 16.5 Å². The van der Waals surface area contributed by atoms with Gasteiger partial charge in [-0.2, -0.15) is 4.98 Å². The number of aromatic nitrogens is 2. The smallest absolute Gasteiger partial charge is 0.310 e. The van der Waals surface area contributed by atoms with Crippen molar-refractivity contribution in [3.05, 3.63) is 34.6 Å². The predicted octanol–water partition coefficient (Wildman–Crippen LogP) is 3.69. The summed E-state index contributed by atoms with van der Waals surface area (Å²) in [6, 6.07) is 7.60. The highest BCUT2D eigenvalue weighted by atomic mass is 79.9. The molecule has 0 spiro atoms. The highest BCUT2D eigenvalue weighted by molar-refractivity contribution is 9.10. The highest BCUT2D eigenvalue weighted by Crippen LogP contribution is 2.41. The van der Waals surface area contributed by atoms with E-state index in [0.717, 1.165) is 22.9 Å². The zero-order valence-electron chi connectivity index (χ0n) is 11.4. The molecule has 0 aliphatic heterocycles. The lowest BCUT2D eigenvalue weighted by molar-refractivity contribution is -0.148. The number of benzene rings is 1. The number of aliphatic carboxylic acids is 1. The van der Waals surface area contributed by atoms with E-state index in [1.807, 2.05) is 24.3 Å². The summed E-state index contributed by atoms with van der Waals surface area (Å²) < 4.78 is 6.15. The molecule has 1 aromatic carbocycles. The van der Waals surface area contributed by atoms with Crippen LogP contribution in [0.15, 0.2) is 33.3 Å². The predicted molar refractivity (Wildman–Crippen MR) is 79.7 cm³/mol. The number of carboxylic acid groups (broad SMARTS) is 1. The van der Waals surface area contributed by atoms with Crippen molar-refractivity contribution in [2.75, 3.05) is 0 Å². The fraction of sp³-hybridized carbons (Fsp3) is 0.400. The van der Waals surface area contributed by atoms with E-state index in [9.17, 15) is 9.90 Å². The molecule has 1 aliphatic carbocycles. The summed E-state index contributed by atoms with van der Waals surface area (Å²) in [7, 11) is 0. The molecule has 21 heavy (non-hydrogen) atoms. The molecular formula is C15H15BrN2O3. The van der Waals surface area contributed by atoms with Crippen molar-refractivity contribution in [3.8, 4) is 11.4 Å². The standard InChI is InChI=1S/C15H15BrN2O3/c16-11-6-2-1-5-10(11)13-17-12(21-18-13)9-15(14(19)20)7-3-4-8-15/h1-2,5-6H,3-4,7-9H2,(H,19,20). The van der Waals surface area contributed by atoms with E-state index in [1.165, 1.54) is 0 Å². The molecule has 5 nitrogen and oxygen atoms in total. The molecule has 0 saturated heterocycles. The number of rotatable bonds is 4. The minimum Gasteiger partial charge on any atom is -0.481 e. The molecular weight excluding hydrogens is 336 g/mol. The number of hydrogen-bond donors (Lipinski definition) is 1. The van der Waals surface area contributed by atoms with Crippen molar-refractivity contribution in [2.24, 2.45) is 5.41 Å². The van der Waals surface area contributed by atoms with E-state index >= 15 is 0 Å². The van der Waals surface area contributed by atoms with Gasteiger partial charge in [0.2, 0.25) is 11.7 Å². The van der Waals surface area contributed by atoms with E-state index in [4.69, 9.17) is 4.52 Å². The van der Waals surface area contributed by atoms with Crippen LogP contribution < -0.4 is 0 Å². The van der Waals surface area contributed by atoms with Crippen molar-refractivity contribution in [3.63, 3.8) is 0 Å². The molecule has 0 radical (unpaired) electrons. The summed E-state index contributed by atoms with van der Waals surface area (Å²) in [5.41, 5.74) is 0.0980. The van der Waals surface area contributed by atoms with Crippen molar-refractivity contribution >= 4 is 21.9 Å². The van der Waals surface area contributed by atoms with Crippen LogP contribution in [0.1, 0.15) is 31.6 Å². The number of carboxylic acids is 1. The molecule has 1 saturated carbocycles. The van der Waals surface area contributed by atoms with Gasteiger partial charge in [-0.15, -0.1) is 0 Å². The van der Waals surface area contributed by atoms with Gasteiger partial charge in [0.25, 0.3) is 0 Å². The Morgan fingerprint density at radius 3 is 2.71 bits per heavy atom. The van der Waals surface area contributed by atoms with Crippen LogP contribution >= 0.6 is 15.9 Å². The van der Waals surface area contributed by atoms with Crippen LogP contribution in [-0.4, -0.2) is 21.2 Å². The van der Waals surface area contributed by atoms with Gasteiger partial charge in [-0.1, -0.05) is 46.1 Å². The molecule has 1 N–H and O–H groups in total. The largest absolute Gasteiger partial charge is 0.481 e. The SMILES string of the molecule is O=C(O)C1(Cc2nc(-c3ccccc3Br)no2)CCCC1. The lowest BCUT2D eigenvalue weighted by Gasteiger charge is -2.21. The summed E-state index contributed by atoms with van der Waals surface area (Å²) in [6.07, 6.45) is 3.54. The van der Waals surface area contributed by atoms with Crippen molar-refractivity contribution in [2.45, 2.75) is 32.1 Å². The maximum Gasteiger partial charge on any atom is 0.310 e. The average molecular weight is 351 g/mol. The zero-order valence-corrected chi connectivity index (χ0v) is 13.0. The Bertz CT molecular complexity index is 662. The second kappa shape index (κ2) is 5.60. The fourth-order valence-corrected chi connectivity index (χ4v) is 3.35. The van der Waals surface area contributed by atoms with Gasteiger partial charge in [-0.3, -0.25) is 4.79 Å². The van der Waals surface area contributed by atoms with Crippen LogP contribution in [0, 0.1) is 5.41 Å². The van der Waals surface area contributed by atoms with Crippen LogP contribution in [0.4, 0.5) is 0 Å². The quantitative estimate of drug-likeness (QED) is 0.909. The third-order valence-corrected chi connectivity index (χ3v) is 4.78. The van der Waals surface area contributed by atoms with E-state index in [0.29, 0.717) is 31.0 Å². The lowest BCUT2D eigenvalue weighted by Crippen LogP contribution is -2.30. The normalized spacial score (nSPS) is 17.0. The van der Waals surface area contributed by atoms with Gasteiger partial charge in [0.1, 0.15) is 0 Å². The van der Waals surface area contributed by atoms with Crippen molar-refractivity contribution in [1.82, 2.24) is 10.1 Å². The summed E-state index contributed by atoms with van der Waals surface area (Å²) >= 11 is 3.45. The first-order valence-electron chi connectivity index (χ1n) is 6.92. The highest BCUT2D eigenvalue weighted by Gasteiger charge is 2.42. The van der Waals surface area contributed by atoms with Crippen molar-refractivity contribution < 1.29 is 14.4 Å². The molecule has 3 rings (SSSR count). The number of hydrogen-bond acceptors (Lipinski definition) is 4. The molecule has 0 atom stereocenters. The topological polar surface area (TPSA) is 76.2 Å². The lowest BCUT2D eigenvalue weighted by atomic mass is 9.83. The van der Waals surface area contributed by atoms with Gasteiger partial charge in [-0.05, 0) is 25.0 Å². The average Bonchev–Trinajstić information content (AvgIpc) is 3.10. The van der Waals surface area contributed by atoms with Gasteiger partial charge in [0.05, 0.1) is 5.41 Å². The Balaban J connectivity index is 1.86. The van der Waals surface area contributed by atoms with Gasteiger partial charge in [0.15, 0.2) is 0 Å². The Morgan fingerprint density at radius 2 is 2.05 bits per heavy atom. The van der Waals surface area contributed by atoms with Gasteiger partial charge in [-0.25, -0.2) is 0 Å². The van der Waals surface area contributed by atoms with E-state index in [2.05, 4.69) is 26.1 Å². The van der Waals surface area contributed by atoms with E-state index in [1.54, 1.807) is 0 Å². The molecule has 0 unspecified atom stereocenters. The first-order valence-corrected chi connectivity index (χ1v) is 7.71. The summed E-state index contributed by atoms with van der Waals surface area (Å²) in [4.78, 5) is 15.9. The molecule has 1 fully saturated rings. The molecule has 0 bridgehead atoms. The number of nitrogens with zero attached hydrogens (tertiary/aromatic N) is 2. The van der Waals surface area contributed by atoms with Crippen LogP contribution in [0.3, 0.4) is 0 Å². The third kappa shape index (κ3) is 2.72. The third-order valence-electron chi connectivity index (χ3n) is 4.09. The first-order chi connectivity index (χ1) is 10.1. The molecule has 1 aliphatic rings. The number of carbonyl (C=O) groups is 1. The van der Waals surface area contributed by atoms with Gasteiger partial charge >= 0.3 is 5.97 Å². The zero-order chi connectivity index (χ0) is 14.9. The molecule has 6 heteroatoms. The molecule has 1 aromatic heterocycles. The van der Waals surface area contributed by atoms with Crippen LogP contribution in [-0.2, 0) is 11.2 Å². The second-order valence-corrected chi connectivity index (χ2v) is 6.32. The Morgan fingerprint density at radius 1 is 1.33 bits per heavy atom. The van der Waals surface area contributed by atoms with E-state index in [-0.39, 0.29) is 0 Å². The summed E-state index contributed by atoms with van der Waals surface area (Å²) in [6.45, 7) is 0.